The molecule has 0 bridgehead atoms. The summed E-state index contributed by atoms with van der Waals surface area (Å²) < 4.78 is 5.66. The molecule has 19 heavy (non-hydrogen) atoms. The van der Waals surface area contributed by atoms with Crippen molar-refractivity contribution in [2.24, 2.45) is 5.73 Å². The van der Waals surface area contributed by atoms with Crippen molar-refractivity contribution in [3.63, 3.8) is 0 Å². The molecule has 1 aromatic heterocycles. The first-order valence-electron chi connectivity index (χ1n) is 6.40. The van der Waals surface area contributed by atoms with Crippen LogP contribution in [-0.4, -0.2) is 22.0 Å². The smallest absolute Gasteiger partial charge is 0.247 e. The minimum absolute atomic E-state index is 0.514. The molecule has 0 aliphatic carbocycles. The molecular formula is C14H19N3OS. The number of rotatable bonds is 6. The Hall–Kier alpha value is -1.33. The summed E-state index contributed by atoms with van der Waals surface area (Å²) >= 11 is 1.79. The van der Waals surface area contributed by atoms with Gasteiger partial charge in [-0.15, -0.1) is 22.0 Å². The minimum Gasteiger partial charge on any atom is -0.420 e. The summed E-state index contributed by atoms with van der Waals surface area (Å²) in [7, 11) is 0. The van der Waals surface area contributed by atoms with Gasteiger partial charge in [0.2, 0.25) is 11.8 Å². The molecule has 2 rings (SSSR count). The van der Waals surface area contributed by atoms with Gasteiger partial charge >= 0.3 is 0 Å². The Balaban J connectivity index is 1.97. The summed E-state index contributed by atoms with van der Waals surface area (Å²) in [4.78, 5) is 0. The van der Waals surface area contributed by atoms with E-state index in [4.69, 9.17) is 10.2 Å². The number of hydrogen-bond acceptors (Lipinski definition) is 5. The number of nitrogens with two attached hydrogens (primary N) is 1. The minimum atomic E-state index is 0.514. The molecule has 0 aliphatic heterocycles. The van der Waals surface area contributed by atoms with Crippen LogP contribution in [0.15, 0.2) is 28.7 Å². The fourth-order valence-corrected chi connectivity index (χ4v) is 2.50. The van der Waals surface area contributed by atoms with Gasteiger partial charge in [-0.25, -0.2) is 0 Å². The van der Waals surface area contributed by atoms with E-state index in [1.54, 1.807) is 11.8 Å². The number of aryl methyl sites for hydroxylation is 1. The monoisotopic (exact) mass is 277 g/mol. The molecule has 0 saturated heterocycles. The maximum absolute atomic E-state index is 5.66. The molecule has 0 fully saturated rings. The molecule has 1 atom stereocenters. The van der Waals surface area contributed by atoms with Crippen LogP contribution in [0.2, 0.25) is 0 Å². The highest BCUT2D eigenvalue weighted by atomic mass is 32.2. The van der Waals surface area contributed by atoms with Crippen molar-refractivity contribution in [2.75, 3.05) is 6.54 Å². The molecule has 2 N–H and O–H groups in total. The highest BCUT2D eigenvalue weighted by Gasteiger charge is 2.10. The van der Waals surface area contributed by atoms with Crippen LogP contribution < -0.4 is 5.73 Å². The van der Waals surface area contributed by atoms with E-state index in [9.17, 15) is 0 Å². The van der Waals surface area contributed by atoms with Crippen LogP contribution in [0.3, 0.4) is 0 Å². The lowest BCUT2D eigenvalue weighted by atomic mass is 10.1. The SMILES string of the molecule is Cc1ccc(-c2nnc(CSC(C)CCN)o2)cc1. The summed E-state index contributed by atoms with van der Waals surface area (Å²) in [5.74, 6) is 1.99. The summed E-state index contributed by atoms with van der Waals surface area (Å²) in [5, 5.41) is 8.68. The lowest BCUT2D eigenvalue weighted by molar-refractivity contribution is 0.528. The molecule has 0 aliphatic rings. The fourth-order valence-electron chi connectivity index (χ4n) is 1.66. The maximum atomic E-state index is 5.66. The van der Waals surface area contributed by atoms with Crippen LogP contribution in [0.1, 0.15) is 24.8 Å². The number of aromatic nitrogens is 2. The van der Waals surface area contributed by atoms with E-state index in [2.05, 4.69) is 24.0 Å². The van der Waals surface area contributed by atoms with Crippen molar-refractivity contribution in [1.29, 1.82) is 0 Å². The Kier molecular flexibility index (Phi) is 4.99. The molecule has 5 heteroatoms. The molecule has 1 heterocycles. The highest BCUT2D eigenvalue weighted by molar-refractivity contribution is 7.99. The first-order chi connectivity index (χ1) is 9.19. The van der Waals surface area contributed by atoms with Crippen LogP contribution in [0.5, 0.6) is 0 Å². The van der Waals surface area contributed by atoms with Gasteiger partial charge in [-0.1, -0.05) is 24.6 Å². The molecule has 0 saturated carbocycles. The standard InChI is InChI=1S/C14H19N3OS/c1-10-3-5-12(6-4-10)14-17-16-13(18-14)9-19-11(2)7-8-15/h3-6,11H,7-9,15H2,1-2H3. The zero-order chi connectivity index (χ0) is 13.7. The number of benzene rings is 1. The molecule has 102 valence electrons. The molecule has 0 amide bonds. The van der Waals surface area contributed by atoms with Crippen LogP contribution in [-0.2, 0) is 5.75 Å². The Bertz CT molecular complexity index is 510. The fraction of sp³-hybridized carbons (Fsp3) is 0.429. The molecule has 2 aromatic rings. The van der Waals surface area contributed by atoms with Gasteiger partial charge in [0.15, 0.2) is 0 Å². The van der Waals surface area contributed by atoms with Gasteiger partial charge in [0, 0.05) is 10.8 Å². The van der Waals surface area contributed by atoms with Crippen molar-refractivity contribution in [1.82, 2.24) is 10.2 Å². The molecule has 0 spiro atoms. The van der Waals surface area contributed by atoms with E-state index in [-0.39, 0.29) is 0 Å². The second-order valence-electron chi connectivity index (χ2n) is 4.57. The average molecular weight is 277 g/mol. The first-order valence-corrected chi connectivity index (χ1v) is 7.45. The number of nitrogens with zero attached hydrogens (tertiary/aromatic N) is 2. The van der Waals surface area contributed by atoms with Gasteiger partial charge in [-0.05, 0) is 32.0 Å². The van der Waals surface area contributed by atoms with E-state index >= 15 is 0 Å². The third kappa shape index (κ3) is 4.08. The van der Waals surface area contributed by atoms with Crippen molar-refractivity contribution in [3.05, 3.63) is 35.7 Å². The van der Waals surface area contributed by atoms with Crippen LogP contribution in [0.25, 0.3) is 11.5 Å². The van der Waals surface area contributed by atoms with Crippen molar-refractivity contribution in [3.8, 4) is 11.5 Å². The molecule has 1 aromatic carbocycles. The van der Waals surface area contributed by atoms with E-state index in [0.717, 1.165) is 17.7 Å². The second kappa shape index (κ2) is 6.73. The zero-order valence-electron chi connectivity index (χ0n) is 11.3. The van der Waals surface area contributed by atoms with Crippen molar-refractivity contribution < 1.29 is 4.42 Å². The predicted molar refractivity (Wildman–Crippen MR) is 78.9 cm³/mol. The average Bonchev–Trinajstić information content (AvgIpc) is 2.86. The summed E-state index contributed by atoms with van der Waals surface area (Å²) in [6.07, 6.45) is 1.00. The van der Waals surface area contributed by atoms with Gasteiger partial charge in [0.05, 0.1) is 5.75 Å². The largest absolute Gasteiger partial charge is 0.420 e. The topological polar surface area (TPSA) is 64.9 Å². The third-order valence-corrected chi connectivity index (χ3v) is 4.05. The van der Waals surface area contributed by atoms with Gasteiger partial charge in [-0.3, -0.25) is 0 Å². The zero-order valence-corrected chi connectivity index (χ0v) is 12.1. The number of thioether (sulfide) groups is 1. The lowest BCUT2D eigenvalue weighted by Gasteiger charge is -2.06. The number of hydrogen-bond donors (Lipinski definition) is 1. The van der Waals surface area contributed by atoms with Gasteiger partial charge in [-0.2, -0.15) is 0 Å². The Labute approximate surface area is 117 Å². The third-order valence-electron chi connectivity index (χ3n) is 2.83. The summed E-state index contributed by atoms with van der Waals surface area (Å²) in [6, 6.07) is 8.07. The lowest BCUT2D eigenvalue weighted by Crippen LogP contribution is -2.07. The van der Waals surface area contributed by atoms with E-state index < -0.39 is 0 Å². The Morgan fingerprint density at radius 2 is 2.00 bits per heavy atom. The maximum Gasteiger partial charge on any atom is 0.247 e. The predicted octanol–water partition coefficient (Wildman–Crippen LogP) is 3.02. The first kappa shape index (κ1) is 14.1. The summed E-state index contributed by atoms with van der Waals surface area (Å²) in [5.41, 5.74) is 7.71. The van der Waals surface area contributed by atoms with Crippen LogP contribution in [0, 0.1) is 6.92 Å². The Morgan fingerprint density at radius 3 is 2.68 bits per heavy atom. The normalized spacial score (nSPS) is 12.6. The molecule has 4 nitrogen and oxygen atoms in total. The van der Waals surface area contributed by atoms with Gasteiger partial charge < -0.3 is 10.2 Å². The van der Waals surface area contributed by atoms with E-state index in [1.165, 1.54) is 5.56 Å². The Morgan fingerprint density at radius 1 is 1.26 bits per heavy atom. The summed E-state index contributed by atoms with van der Waals surface area (Å²) in [6.45, 7) is 4.93. The van der Waals surface area contributed by atoms with E-state index in [1.807, 2.05) is 24.3 Å². The van der Waals surface area contributed by atoms with Crippen LogP contribution >= 0.6 is 11.8 Å². The van der Waals surface area contributed by atoms with Crippen molar-refractivity contribution >= 4 is 11.8 Å². The van der Waals surface area contributed by atoms with Crippen LogP contribution in [0.4, 0.5) is 0 Å². The molecule has 0 radical (unpaired) electrons. The molecule has 1 unspecified atom stereocenters. The highest BCUT2D eigenvalue weighted by Crippen LogP contribution is 2.22. The van der Waals surface area contributed by atoms with Gasteiger partial charge in [0.25, 0.3) is 0 Å². The van der Waals surface area contributed by atoms with Gasteiger partial charge in [0.1, 0.15) is 0 Å². The molecular weight excluding hydrogens is 258 g/mol. The second-order valence-corrected chi connectivity index (χ2v) is 5.99. The quantitative estimate of drug-likeness (QED) is 0.879. The van der Waals surface area contributed by atoms with Crippen molar-refractivity contribution in [2.45, 2.75) is 31.3 Å². The van der Waals surface area contributed by atoms with E-state index in [0.29, 0.717) is 23.6 Å².